The number of rotatable bonds is 6. The van der Waals surface area contributed by atoms with Gasteiger partial charge in [-0.15, -0.1) is 0 Å². The van der Waals surface area contributed by atoms with E-state index in [0.29, 0.717) is 5.56 Å². The van der Waals surface area contributed by atoms with Crippen molar-refractivity contribution in [3.63, 3.8) is 0 Å². The Hall–Kier alpha value is -3.99. The maximum Gasteiger partial charge on any atom is 0.268 e. The minimum atomic E-state index is -1.07. The number of amides is 2. The van der Waals surface area contributed by atoms with E-state index in [1.54, 1.807) is 12.1 Å². The van der Waals surface area contributed by atoms with E-state index in [2.05, 4.69) is 15.6 Å². The van der Waals surface area contributed by atoms with Gasteiger partial charge < -0.3 is 25.6 Å². The topological polar surface area (TPSA) is 143 Å². The lowest BCUT2D eigenvalue weighted by atomic mass is 10.0. The molecule has 1 aromatic carbocycles. The molecule has 3 aromatic rings. The van der Waals surface area contributed by atoms with Crippen LogP contribution in [0.3, 0.4) is 0 Å². The van der Waals surface area contributed by atoms with E-state index < -0.39 is 40.6 Å². The molecular formula is C22H21FN4O6. The highest BCUT2D eigenvalue weighted by Crippen LogP contribution is 2.37. The first kappa shape index (κ1) is 22.2. The molecule has 4 N–H and O–H groups in total. The van der Waals surface area contributed by atoms with E-state index >= 15 is 0 Å². The van der Waals surface area contributed by atoms with Gasteiger partial charge in [0.1, 0.15) is 22.4 Å². The Morgan fingerprint density at radius 1 is 1.30 bits per heavy atom. The number of nitrogens with zero attached hydrogens (tertiary/aromatic N) is 2. The summed E-state index contributed by atoms with van der Waals surface area (Å²) < 4.78 is 20.4. The fourth-order valence-electron chi connectivity index (χ4n) is 3.76. The lowest BCUT2D eigenvalue weighted by molar-refractivity contribution is -0.128. The Bertz CT molecular complexity index is 1310. The van der Waals surface area contributed by atoms with Crippen LogP contribution in [0.2, 0.25) is 0 Å². The third-order valence-electron chi connectivity index (χ3n) is 5.35. The Morgan fingerprint density at radius 2 is 2.03 bits per heavy atom. The minimum Gasteiger partial charge on any atom is -0.505 e. The number of hydrogen-bond acceptors (Lipinski definition) is 7. The SMILES string of the molecule is CNC(=O)[C@H]1Cn2c(=O)c(C(=O)NCCO)c(O)c3ncc(Cc4ccc(F)cc4)c(c32)O1. The summed E-state index contributed by atoms with van der Waals surface area (Å²) in [5.74, 6) is -2.21. The minimum absolute atomic E-state index is 0.0445. The predicted molar refractivity (Wildman–Crippen MR) is 115 cm³/mol. The lowest BCUT2D eigenvalue weighted by Gasteiger charge is -2.28. The van der Waals surface area contributed by atoms with Gasteiger partial charge in [0.05, 0.1) is 13.2 Å². The molecule has 0 spiro atoms. The highest BCUT2D eigenvalue weighted by atomic mass is 19.1. The monoisotopic (exact) mass is 456 g/mol. The molecule has 1 atom stereocenters. The van der Waals surface area contributed by atoms with Gasteiger partial charge in [-0.25, -0.2) is 4.39 Å². The molecule has 2 amide bonds. The van der Waals surface area contributed by atoms with Crippen LogP contribution in [0.25, 0.3) is 11.0 Å². The van der Waals surface area contributed by atoms with Crippen molar-refractivity contribution in [1.29, 1.82) is 0 Å². The number of likely N-dealkylation sites (N-methyl/N-ethyl adjacent to an activating group) is 1. The maximum atomic E-state index is 13.3. The van der Waals surface area contributed by atoms with Crippen molar-refractivity contribution in [1.82, 2.24) is 20.2 Å². The number of carbonyl (C=O) groups is 2. The predicted octanol–water partition coefficient (Wildman–Crippen LogP) is 0.0611. The van der Waals surface area contributed by atoms with Gasteiger partial charge in [0.2, 0.25) is 0 Å². The molecule has 1 aliphatic rings. The first-order valence-electron chi connectivity index (χ1n) is 10.1. The van der Waals surface area contributed by atoms with E-state index in [1.807, 2.05) is 0 Å². The number of nitrogens with one attached hydrogen (secondary N) is 2. The second-order valence-electron chi connectivity index (χ2n) is 7.45. The van der Waals surface area contributed by atoms with Crippen molar-refractivity contribution >= 4 is 22.8 Å². The molecule has 0 aliphatic carbocycles. The molecule has 11 heteroatoms. The average molecular weight is 456 g/mol. The largest absolute Gasteiger partial charge is 0.505 e. The number of carbonyl (C=O) groups excluding carboxylic acids is 2. The fraction of sp³-hybridized carbons (Fsp3) is 0.273. The van der Waals surface area contributed by atoms with Crippen molar-refractivity contribution in [3.05, 3.63) is 63.3 Å². The first-order chi connectivity index (χ1) is 15.8. The quantitative estimate of drug-likeness (QED) is 0.411. The zero-order valence-corrected chi connectivity index (χ0v) is 17.6. The highest BCUT2D eigenvalue weighted by Gasteiger charge is 2.34. The first-order valence-corrected chi connectivity index (χ1v) is 10.1. The molecule has 3 heterocycles. The number of aromatic hydroxyl groups is 1. The van der Waals surface area contributed by atoms with Crippen molar-refractivity contribution < 1.29 is 28.9 Å². The summed E-state index contributed by atoms with van der Waals surface area (Å²) in [5.41, 5.74) is -0.0221. The molecule has 0 saturated heterocycles. The smallest absolute Gasteiger partial charge is 0.268 e. The highest BCUT2D eigenvalue weighted by molar-refractivity contribution is 6.02. The maximum absolute atomic E-state index is 13.3. The van der Waals surface area contributed by atoms with Crippen LogP contribution in [0.5, 0.6) is 11.5 Å². The van der Waals surface area contributed by atoms with Crippen molar-refractivity contribution in [3.8, 4) is 11.5 Å². The molecule has 0 radical (unpaired) electrons. The Kier molecular flexibility index (Phi) is 5.97. The Morgan fingerprint density at radius 3 is 2.70 bits per heavy atom. The molecule has 172 valence electrons. The van der Waals surface area contributed by atoms with E-state index in [1.165, 1.54) is 29.9 Å². The van der Waals surface area contributed by atoms with Crippen LogP contribution in [-0.4, -0.2) is 57.9 Å². The third kappa shape index (κ3) is 3.98. The molecular weight excluding hydrogens is 435 g/mol. The van der Waals surface area contributed by atoms with E-state index in [-0.39, 0.29) is 42.9 Å². The molecule has 0 bridgehead atoms. The zero-order chi connectivity index (χ0) is 23.7. The van der Waals surface area contributed by atoms with Gasteiger partial charge in [0, 0.05) is 31.8 Å². The molecule has 0 unspecified atom stereocenters. The number of ether oxygens (including phenoxy) is 1. The van der Waals surface area contributed by atoms with Crippen molar-refractivity contribution in [2.24, 2.45) is 0 Å². The Balaban J connectivity index is 1.92. The molecule has 0 fully saturated rings. The molecule has 2 aromatic heterocycles. The number of pyridine rings is 2. The number of benzene rings is 1. The van der Waals surface area contributed by atoms with Gasteiger partial charge in [0.15, 0.2) is 17.6 Å². The number of aromatic nitrogens is 2. The summed E-state index contributed by atoms with van der Waals surface area (Å²) in [6.07, 6.45) is 0.597. The van der Waals surface area contributed by atoms with Crippen LogP contribution >= 0.6 is 0 Å². The zero-order valence-electron chi connectivity index (χ0n) is 17.6. The summed E-state index contributed by atoms with van der Waals surface area (Å²) in [4.78, 5) is 42.3. The van der Waals surface area contributed by atoms with Gasteiger partial charge in [0.25, 0.3) is 17.4 Å². The molecule has 4 rings (SSSR count). The van der Waals surface area contributed by atoms with Gasteiger partial charge in [-0.2, -0.15) is 0 Å². The van der Waals surface area contributed by atoms with E-state index in [9.17, 15) is 23.9 Å². The third-order valence-corrected chi connectivity index (χ3v) is 5.35. The van der Waals surface area contributed by atoms with Crippen LogP contribution in [0.1, 0.15) is 21.5 Å². The second kappa shape index (κ2) is 8.87. The van der Waals surface area contributed by atoms with Crippen LogP contribution in [0.15, 0.2) is 35.3 Å². The summed E-state index contributed by atoms with van der Waals surface area (Å²) in [6, 6.07) is 5.79. The average Bonchev–Trinajstić information content (AvgIpc) is 2.82. The summed E-state index contributed by atoms with van der Waals surface area (Å²) in [6.45, 7) is -0.671. The van der Waals surface area contributed by atoms with Crippen LogP contribution in [0, 0.1) is 5.82 Å². The fourth-order valence-corrected chi connectivity index (χ4v) is 3.76. The van der Waals surface area contributed by atoms with E-state index in [4.69, 9.17) is 9.84 Å². The standard InChI is InChI=1S/C22H21FN4O6/c1-24-20(30)14-10-27-17-16(18(29)15(22(27)32)21(31)25-6-7-28)26-9-12(19(17)33-14)8-11-2-4-13(23)5-3-11/h2-5,9,14,28-29H,6-8,10H2,1H3,(H,24,30)(H,25,31)/t14-/m1/s1. The van der Waals surface area contributed by atoms with Crippen molar-refractivity contribution in [2.75, 3.05) is 20.2 Å². The molecule has 1 aliphatic heterocycles. The number of hydrogen-bond donors (Lipinski definition) is 4. The van der Waals surface area contributed by atoms with Gasteiger partial charge >= 0.3 is 0 Å². The van der Waals surface area contributed by atoms with E-state index in [0.717, 1.165) is 5.56 Å². The van der Waals surface area contributed by atoms with Gasteiger partial charge in [-0.05, 0) is 17.7 Å². The Labute approximate surface area is 186 Å². The molecule has 33 heavy (non-hydrogen) atoms. The van der Waals surface area contributed by atoms with Crippen molar-refractivity contribution in [2.45, 2.75) is 19.1 Å². The number of halogens is 1. The van der Waals surface area contributed by atoms with Crippen LogP contribution < -0.4 is 20.9 Å². The van der Waals surface area contributed by atoms with Gasteiger partial charge in [-0.1, -0.05) is 12.1 Å². The lowest BCUT2D eigenvalue weighted by Crippen LogP contribution is -2.45. The summed E-state index contributed by atoms with van der Waals surface area (Å²) >= 11 is 0. The second-order valence-corrected chi connectivity index (χ2v) is 7.45. The number of aliphatic hydroxyl groups is 1. The molecule has 10 nitrogen and oxygen atoms in total. The normalized spacial score (nSPS) is 14.6. The summed E-state index contributed by atoms with van der Waals surface area (Å²) in [5, 5.41) is 24.5. The van der Waals surface area contributed by atoms with Gasteiger partial charge in [-0.3, -0.25) is 23.9 Å². The molecule has 0 saturated carbocycles. The van der Waals surface area contributed by atoms with Crippen LogP contribution in [0.4, 0.5) is 4.39 Å². The summed E-state index contributed by atoms with van der Waals surface area (Å²) in [7, 11) is 1.43. The number of aliphatic hydroxyl groups excluding tert-OH is 1. The van der Waals surface area contributed by atoms with Crippen LogP contribution in [-0.2, 0) is 17.8 Å².